The summed E-state index contributed by atoms with van der Waals surface area (Å²) in [6, 6.07) is 48.2. The van der Waals surface area contributed by atoms with Gasteiger partial charge in [0, 0.05) is 33.7 Å². The summed E-state index contributed by atoms with van der Waals surface area (Å²) in [5, 5.41) is 4.89. The number of rotatable bonds is 5. The van der Waals surface area contributed by atoms with E-state index < -0.39 is 25.1 Å². The van der Waals surface area contributed by atoms with E-state index in [1.807, 2.05) is 63.4 Å². The van der Waals surface area contributed by atoms with E-state index in [4.69, 9.17) is 2.74 Å². The fourth-order valence-corrected chi connectivity index (χ4v) is 9.78. The number of nitrogens with zero attached hydrogens (tertiary/aromatic N) is 2. The van der Waals surface area contributed by atoms with Crippen molar-refractivity contribution in [3.05, 3.63) is 151 Å². The van der Waals surface area contributed by atoms with Gasteiger partial charge < -0.3 is 4.98 Å². The molecule has 8 rings (SSSR count). The Morgan fingerprint density at radius 1 is 0.725 bits per heavy atom. The van der Waals surface area contributed by atoms with Gasteiger partial charge >= 0.3 is 99.8 Å². The van der Waals surface area contributed by atoms with Crippen molar-refractivity contribution in [3.8, 4) is 33.6 Å². The molecular weight excluding hydrogens is 877 g/mol. The van der Waals surface area contributed by atoms with Gasteiger partial charge in [-0.1, -0.05) is 92.4 Å². The normalized spacial score (nSPS) is 12.5. The zero-order valence-electron chi connectivity index (χ0n) is 31.8. The van der Waals surface area contributed by atoms with Crippen LogP contribution in [0.1, 0.15) is 29.1 Å². The molecule has 0 amide bonds. The van der Waals surface area contributed by atoms with Crippen molar-refractivity contribution in [1.29, 1.82) is 0 Å². The number of aromatic nitrogens is 2. The van der Waals surface area contributed by atoms with Crippen LogP contribution in [-0.2, 0) is 26.5 Å². The third-order valence-corrected chi connectivity index (χ3v) is 14.2. The average molecular weight is 922 g/mol. The molecule has 5 aromatic carbocycles. The van der Waals surface area contributed by atoms with E-state index in [0.717, 1.165) is 27.2 Å². The minimum Gasteiger partial charge on any atom is 0 e. The van der Waals surface area contributed by atoms with E-state index in [2.05, 4.69) is 118 Å². The molecule has 0 fully saturated rings. The third-order valence-electron chi connectivity index (χ3n) is 8.66. The van der Waals surface area contributed by atoms with Gasteiger partial charge in [0.05, 0.1) is 0 Å². The van der Waals surface area contributed by atoms with Crippen LogP contribution in [0.3, 0.4) is 0 Å². The molecule has 0 aliphatic carbocycles. The van der Waals surface area contributed by atoms with Crippen molar-refractivity contribution in [1.82, 2.24) is 9.97 Å². The molecule has 0 aliphatic rings. The first kappa shape index (κ1) is 34.2. The SMILES string of the molecule is [2H]C([2H])(c1ccnc(-c2[c-]ccc3c2sc2c4ccccc4cc(-c4ccccc4)c32)c1)C(C)(C)C.[CH3][Ge]([CH3])([CH3])[c]1ccc(-c2[c-]cccc2)nc1.[Ir]. The Hall–Kier alpha value is -3.93. The Balaban J connectivity index is 0.000000238. The second kappa shape index (κ2) is 15.4. The molecule has 3 aromatic heterocycles. The van der Waals surface area contributed by atoms with Crippen LogP contribution in [0, 0.1) is 17.5 Å². The van der Waals surface area contributed by atoms with Crippen molar-refractivity contribution in [3.63, 3.8) is 0 Å². The monoisotopic (exact) mass is 923 g/mol. The molecule has 257 valence electrons. The first-order valence-electron chi connectivity index (χ1n) is 18.1. The predicted octanol–water partition coefficient (Wildman–Crippen LogP) is 12.4. The molecule has 0 bridgehead atoms. The summed E-state index contributed by atoms with van der Waals surface area (Å²) >= 11 is 0.0595. The zero-order chi connectivity index (χ0) is 36.7. The molecule has 5 heteroatoms. The van der Waals surface area contributed by atoms with Crippen molar-refractivity contribution in [2.24, 2.45) is 5.41 Å². The number of hydrogen-bond acceptors (Lipinski definition) is 3. The van der Waals surface area contributed by atoms with Crippen LogP contribution in [0.25, 0.3) is 64.6 Å². The van der Waals surface area contributed by atoms with Crippen LogP contribution in [0.4, 0.5) is 0 Å². The predicted molar refractivity (Wildman–Crippen MR) is 219 cm³/mol. The molecule has 51 heavy (non-hydrogen) atoms. The van der Waals surface area contributed by atoms with Gasteiger partial charge in [-0.25, -0.2) is 0 Å². The van der Waals surface area contributed by atoms with E-state index >= 15 is 0 Å². The van der Waals surface area contributed by atoms with Crippen molar-refractivity contribution in [2.75, 3.05) is 0 Å². The second-order valence-electron chi connectivity index (χ2n) is 14.7. The van der Waals surface area contributed by atoms with E-state index in [-0.39, 0.29) is 20.1 Å². The maximum Gasteiger partial charge on any atom is 0 e. The quantitative estimate of drug-likeness (QED) is 0.127. The van der Waals surface area contributed by atoms with E-state index in [1.165, 1.54) is 41.8 Å². The minimum absolute atomic E-state index is 0. The Kier molecular flexibility index (Phi) is 10.3. The molecular formula is C46H42GeIrN2S-2. The van der Waals surface area contributed by atoms with Crippen LogP contribution >= 0.6 is 11.3 Å². The number of hydrogen-bond donors (Lipinski definition) is 0. The standard InChI is InChI=1S/C32H26NS.C14H16GeN.Ir/c1-32(2,3)20-21-16-17-33-28(18-21)25-14-9-15-26-29-27(22-10-5-4-6-11-22)19-23-12-7-8-13-24(23)31(29)34-30(25)26;1-15(2,3)13-9-10-14(16-11-13)12-7-5-4-6-8-12;/h4-13,15-19H,20H2,1-3H3;4-7,9-11H,1-3H3;/q2*-1;/i20D2;;. The van der Waals surface area contributed by atoms with E-state index in [0.29, 0.717) is 5.56 Å². The van der Waals surface area contributed by atoms with Gasteiger partial charge in [0.15, 0.2) is 0 Å². The van der Waals surface area contributed by atoms with Crippen LogP contribution in [0.2, 0.25) is 17.3 Å². The van der Waals surface area contributed by atoms with Crippen LogP contribution in [-0.4, -0.2) is 23.2 Å². The summed E-state index contributed by atoms with van der Waals surface area (Å²) in [4.78, 5) is 9.21. The molecule has 0 N–H and O–H groups in total. The Morgan fingerprint density at radius 3 is 2.20 bits per heavy atom. The van der Waals surface area contributed by atoms with Crippen LogP contribution in [0.15, 0.2) is 134 Å². The number of benzene rings is 5. The van der Waals surface area contributed by atoms with E-state index in [9.17, 15) is 0 Å². The molecule has 1 radical (unpaired) electrons. The minimum atomic E-state index is -1.72. The summed E-state index contributed by atoms with van der Waals surface area (Å²) < 4.78 is 21.4. The topological polar surface area (TPSA) is 25.8 Å². The molecule has 0 atom stereocenters. The van der Waals surface area contributed by atoms with Gasteiger partial charge in [-0.3, -0.25) is 0 Å². The van der Waals surface area contributed by atoms with Gasteiger partial charge in [0.25, 0.3) is 0 Å². The fraction of sp³-hybridized carbons (Fsp3) is 0.174. The number of fused-ring (bicyclic) bond motifs is 5. The van der Waals surface area contributed by atoms with Crippen molar-refractivity contribution < 1.29 is 22.8 Å². The van der Waals surface area contributed by atoms with Crippen LogP contribution < -0.4 is 4.40 Å². The molecule has 0 aliphatic heterocycles. The van der Waals surface area contributed by atoms with Crippen molar-refractivity contribution >= 4 is 59.9 Å². The van der Waals surface area contributed by atoms with Gasteiger partial charge in [-0.05, 0) is 61.6 Å². The molecule has 2 nitrogen and oxygen atoms in total. The molecule has 8 aromatic rings. The summed E-state index contributed by atoms with van der Waals surface area (Å²) in [6.07, 6.45) is 2.27. The summed E-state index contributed by atoms with van der Waals surface area (Å²) in [5.41, 5.74) is 6.27. The Labute approximate surface area is 325 Å². The largest absolute Gasteiger partial charge is 0 e. The molecule has 3 heterocycles. The summed E-state index contributed by atoms with van der Waals surface area (Å²) in [7, 11) is 0. The second-order valence-corrected chi connectivity index (χ2v) is 26.3. The first-order valence-corrected chi connectivity index (χ1v) is 25.2. The molecule has 0 spiro atoms. The van der Waals surface area contributed by atoms with Gasteiger partial charge in [-0.2, -0.15) is 11.3 Å². The maximum atomic E-state index is 8.77. The molecule has 0 unspecified atom stereocenters. The molecule has 0 saturated heterocycles. The van der Waals surface area contributed by atoms with Gasteiger partial charge in [0.2, 0.25) is 0 Å². The first-order chi connectivity index (χ1) is 24.8. The molecule has 0 saturated carbocycles. The van der Waals surface area contributed by atoms with Crippen LogP contribution in [0.5, 0.6) is 0 Å². The number of thiophene rings is 1. The maximum absolute atomic E-state index is 8.77. The number of pyridine rings is 2. The van der Waals surface area contributed by atoms with E-state index in [1.54, 1.807) is 23.6 Å². The average Bonchev–Trinajstić information content (AvgIpc) is 3.55. The Bertz CT molecular complexity index is 2500. The summed E-state index contributed by atoms with van der Waals surface area (Å²) in [6.45, 7) is 5.80. The smallest absolute Gasteiger partial charge is 0 e. The summed E-state index contributed by atoms with van der Waals surface area (Å²) in [5.74, 6) is 7.14. The van der Waals surface area contributed by atoms with Gasteiger partial charge in [0.1, 0.15) is 0 Å². The Morgan fingerprint density at radius 2 is 1.49 bits per heavy atom. The van der Waals surface area contributed by atoms with Gasteiger partial charge in [-0.15, -0.1) is 23.8 Å². The van der Waals surface area contributed by atoms with Crippen molar-refractivity contribution in [2.45, 2.75) is 44.4 Å². The zero-order valence-corrected chi connectivity index (χ0v) is 35.1. The third kappa shape index (κ3) is 8.26. The fourth-order valence-electron chi connectivity index (χ4n) is 6.24.